The number of aryl methyl sites for hydroxylation is 1. The van der Waals surface area contributed by atoms with Gasteiger partial charge in [-0.2, -0.15) is 0 Å². The standard InChI is InChI=1S/C29H20N2O/c1-19-10-15-25-24-8-5-9-26(28(24)32-29(25)31-19)27-18-23(16-17-30-27)22-13-11-21(12-14-22)20-6-3-2-4-7-20/h2-18H,1H3/i1D3. The molecule has 3 heteroatoms. The van der Waals surface area contributed by atoms with Crippen molar-refractivity contribution in [3.05, 3.63) is 109 Å². The van der Waals surface area contributed by atoms with E-state index in [-0.39, 0.29) is 5.69 Å². The van der Waals surface area contributed by atoms with Crippen molar-refractivity contribution in [1.82, 2.24) is 9.97 Å². The molecule has 0 atom stereocenters. The molecule has 3 nitrogen and oxygen atoms in total. The molecule has 0 bridgehead atoms. The van der Waals surface area contributed by atoms with Gasteiger partial charge in [0.1, 0.15) is 5.58 Å². The highest BCUT2D eigenvalue weighted by Crippen LogP contribution is 2.35. The lowest BCUT2D eigenvalue weighted by Gasteiger charge is -2.07. The Hall–Kier alpha value is -4.24. The Bertz CT molecular complexity index is 1670. The van der Waals surface area contributed by atoms with Gasteiger partial charge in [0.2, 0.25) is 5.71 Å². The van der Waals surface area contributed by atoms with Crippen LogP contribution in [0.1, 0.15) is 9.81 Å². The monoisotopic (exact) mass is 415 g/mol. The normalized spacial score (nSPS) is 13.1. The molecular weight excluding hydrogens is 392 g/mol. The number of aromatic nitrogens is 2. The zero-order valence-electron chi connectivity index (χ0n) is 20.1. The van der Waals surface area contributed by atoms with Crippen LogP contribution in [-0.4, -0.2) is 9.97 Å². The van der Waals surface area contributed by atoms with Crippen molar-refractivity contribution < 1.29 is 8.53 Å². The molecule has 0 unspecified atom stereocenters. The fourth-order valence-electron chi connectivity index (χ4n) is 4.12. The van der Waals surface area contributed by atoms with Crippen LogP contribution in [0.2, 0.25) is 0 Å². The number of rotatable bonds is 3. The van der Waals surface area contributed by atoms with Gasteiger partial charge in [-0.25, -0.2) is 4.98 Å². The van der Waals surface area contributed by atoms with E-state index in [1.165, 1.54) is 17.2 Å². The summed E-state index contributed by atoms with van der Waals surface area (Å²) in [6.07, 6.45) is 1.79. The maximum Gasteiger partial charge on any atom is 0.227 e. The van der Waals surface area contributed by atoms with Crippen LogP contribution in [0.5, 0.6) is 0 Å². The van der Waals surface area contributed by atoms with Gasteiger partial charge in [-0.05, 0) is 59.4 Å². The van der Waals surface area contributed by atoms with Crippen LogP contribution < -0.4 is 0 Å². The topological polar surface area (TPSA) is 38.9 Å². The van der Waals surface area contributed by atoms with Gasteiger partial charge in [0.25, 0.3) is 0 Å². The van der Waals surface area contributed by atoms with Crippen molar-refractivity contribution in [1.29, 1.82) is 0 Å². The molecule has 6 rings (SSSR count). The number of para-hydroxylation sites is 1. The summed E-state index contributed by atoms with van der Waals surface area (Å²) in [6, 6.07) is 32.0. The predicted molar refractivity (Wildman–Crippen MR) is 130 cm³/mol. The molecule has 6 aromatic rings. The van der Waals surface area contributed by atoms with Crippen molar-refractivity contribution in [3.63, 3.8) is 0 Å². The summed E-state index contributed by atoms with van der Waals surface area (Å²) in [5, 5.41) is 1.66. The summed E-state index contributed by atoms with van der Waals surface area (Å²) in [7, 11) is 0. The number of hydrogen-bond acceptors (Lipinski definition) is 3. The zero-order chi connectivity index (χ0) is 24.0. The first-order chi connectivity index (χ1) is 17.0. The second-order valence-corrected chi connectivity index (χ2v) is 7.71. The molecule has 3 aromatic heterocycles. The number of furan rings is 1. The first-order valence-corrected chi connectivity index (χ1v) is 10.4. The third-order valence-corrected chi connectivity index (χ3v) is 5.73. The Kier molecular flexibility index (Phi) is 3.63. The first-order valence-electron chi connectivity index (χ1n) is 11.9. The molecule has 0 fully saturated rings. The van der Waals surface area contributed by atoms with E-state index in [1.54, 1.807) is 12.3 Å². The SMILES string of the molecule is [2H]C([2H])([2H])c1ccc2c(n1)oc1c(-c3cc(-c4ccc(-c5ccccc5)cc4)ccn3)cccc12. The minimum Gasteiger partial charge on any atom is -0.437 e. The molecule has 0 aliphatic heterocycles. The van der Waals surface area contributed by atoms with Crippen molar-refractivity contribution in [3.8, 4) is 33.5 Å². The lowest BCUT2D eigenvalue weighted by atomic mass is 9.99. The van der Waals surface area contributed by atoms with E-state index in [0.717, 1.165) is 33.2 Å². The zero-order valence-corrected chi connectivity index (χ0v) is 17.1. The van der Waals surface area contributed by atoms with Gasteiger partial charge in [0, 0.05) is 32.3 Å². The summed E-state index contributed by atoms with van der Waals surface area (Å²) in [6.45, 7) is -2.29. The molecule has 0 aliphatic rings. The van der Waals surface area contributed by atoms with Crippen LogP contribution in [0.15, 0.2) is 108 Å². The third kappa shape index (κ3) is 3.15. The Morgan fingerprint density at radius 2 is 1.47 bits per heavy atom. The Morgan fingerprint density at radius 1 is 0.688 bits per heavy atom. The maximum atomic E-state index is 7.65. The first kappa shape index (κ1) is 15.5. The van der Waals surface area contributed by atoms with Crippen molar-refractivity contribution in [2.24, 2.45) is 0 Å². The number of nitrogens with zero attached hydrogens (tertiary/aromatic N) is 2. The summed E-state index contributed by atoms with van der Waals surface area (Å²) < 4.78 is 29.0. The average molecular weight is 416 g/mol. The lowest BCUT2D eigenvalue weighted by molar-refractivity contribution is 0.653. The molecule has 152 valence electrons. The third-order valence-electron chi connectivity index (χ3n) is 5.73. The molecule has 0 radical (unpaired) electrons. The van der Waals surface area contributed by atoms with E-state index >= 15 is 0 Å². The highest BCUT2D eigenvalue weighted by molar-refractivity contribution is 6.08. The Morgan fingerprint density at radius 3 is 2.28 bits per heavy atom. The van der Waals surface area contributed by atoms with Gasteiger partial charge in [-0.15, -0.1) is 0 Å². The van der Waals surface area contributed by atoms with Gasteiger partial charge in [0.15, 0.2) is 0 Å². The lowest BCUT2D eigenvalue weighted by Crippen LogP contribution is -1.86. The van der Waals surface area contributed by atoms with Crippen LogP contribution in [0, 0.1) is 6.85 Å². The summed E-state index contributed by atoms with van der Waals surface area (Å²) >= 11 is 0. The second-order valence-electron chi connectivity index (χ2n) is 7.71. The molecule has 0 saturated heterocycles. The van der Waals surface area contributed by atoms with E-state index in [0.29, 0.717) is 11.3 Å². The quantitative estimate of drug-likeness (QED) is 0.297. The molecule has 0 spiro atoms. The smallest absolute Gasteiger partial charge is 0.227 e. The second kappa shape index (κ2) is 7.47. The highest BCUT2D eigenvalue weighted by Gasteiger charge is 2.14. The molecule has 0 aliphatic carbocycles. The number of hydrogen-bond donors (Lipinski definition) is 0. The van der Waals surface area contributed by atoms with Crippen LogP contribution >= 0.6 is 0 Å². The van der Waals surface area contributed by atoms with Gasteiger partial charge in [0.05, 0.1) is 5.69 Å². The van der Waals surface area contributed by atoms with Crippen LogP contribution in [0.3, 0.4) is 0 Å². The van der Waals surface area contributed by atoms with Gasteiger partial charge >= 0.3 is 0 Å². The molecule has 0 saturated carbocycles. The van der Waals surface area contributed by atoms with Crippen molar-refractivity contribution in [2.45, 2.75) is 6.85 Å². The fourth-order valence-corrected chi connectivity index (χ4v) is 4.12. The fraction of sp³-hybridized carbons (Fsp3) is 0.0345. The predicted octanol–water partition coefficient (Wildman–Crippen LogP) is 7.69. The average Bonchev–Trinajstić information content (AvgIpc) is 3.27. The van der Waals surface area contributed by atoms with Gasteiger partial charge in [-0.1, -0.05) is 66.7 Å². The Labute approximate surface area is 190 Å². The van der Waals surface area contributed by atoms with Gasteiger partial charge in [-0.3, -0.25) is 4.98 Å². The van der Waals surface area contributed by atoms with Crippen LogP contribution in [0.4, 0.5) is 0 Å². The van der Waals surface area contributed by atoms with E-state index in [4.69, 9.17) is 8.53 Å². The van der Waals surface area contributed by atoms with Crippen molar-refractivity contribution >= 4 is 22.1 Å². The minimum atomic E-state index is -2.29. The number of fused-ring (bicyclic) bond motifs is 3. The molecular formula is C29H20N2O. The van der Waals surface area contributed by atoms with Crippen LogP contribution in [-0.2, 0) is 0 Å². The van der Waals surface area contributed by atoms with Crippen molar-refractivity contribution in [2.75, 3.05) is 0 Å². The molecule has 0 N–H and O–H groups in total. The molecule has 32 heavy (non-hydrogen) atoms. The van der Waals surface area contributed by atoms with Gasteiger partial charge < -0.3 is 4.42 Å². The minimum absolute atomic E-state index is 0.0182. The van der Waals surface area contributed by atoms with E-state index < -0.39 is 6.85 Å². The number of benzene rings is 3. The van der Waals surface area contributed by atoms with E-state index in [1.807, 2.05) is 48.5 Å². The highest BCUT2D eigenvalue weighted by atomic mass is 16.3. The maximum absolute atomic E-state index is 7.65. The largest absolute Gasteiger partial charge is 0.437 e. The van der Waals surface area contributed by atoms with E-state index in [2.05, 4.69) is 46.4 Å². The Balaban J connectivity index is 1.42. The number of pyridine rings is 2. The molecule has 0 amide bonds. The van der Waals surface area contributed by atoms with E-state index in [9.17, 15) is 0 Å². The van der Waals surface area contributed by atoms with Crippen LogP contribution in [0.25, 0.3) is 55.6 Å². The summed E-state index contributed by atoms with van der Waals surface area (Å²) in [5.74, 6) is 0. The molecule has 3 aromatic carbocycles. The molecule has 3 heterocycles. The summed E-state index contributed by atoms with van der Waals surface area (Å²) in [4.78, 5) is 8.87. The summed E-state index contributed by atoms with van der Waals surface area (Å²) in [5.41, 5.74) is 7.06.